The van der Waals surface area contributed by atoms with Crippen molar-refractivity contribution in [2.24, 2.45) is 0 Å². The molecule has 1 aliphatic heterocycles. The fourth-order valence-electron chi connectivity index (χ4n) is 2.34. The van der Waals surface area contributed by atoms with Crippen LogP contribution in [-0.4, -0.2) is 51.7 Å². The molecule has 5 heteroatoms. The van der Waals surface area contributed by atoms with Crippen molar-refractivity contribution < 1.29 is 15.0 Å². The Balaban J connectivity index is 2.12. The number of benzene rings is 1. The van der Waals surface area contributed by atoms with Gasteiger partial charge in [-0.15, -0.1) is 0 Å². The van der Waals surface area contributed by atoms with Gasteiger partial charge in [0.15, 0.2) is 0 Å². The maximum atomic E-state index is 11.3. The number of carbonyl (C=O) groups is 1. The van der Waals surface area contributed by atoms with Crippen LogP contribution in [0.5, 0.6) is 0 Å². The van der Waals surface area contributed by atoms with Crippen molar-refractivity contribution in [2.75, 3.05) is 24.6 Å². The maximum Gasteiger partial charge on any atom is 0.321 e. The molecular weight excluding hydrogens is 262 g/mol. The first-order valence-electron chi connectivity index (χ1n) is 6.33. The number of thioether (sulfide) groups is 1. The Morgan fingerprint density at radius 3 is 2.79 bits per heavy atom. The lowest BCUT2D eigenvalue weighted by Crippen LogP contribution is -2.52. The Bertz CT molecular complexity index is 436. The van der Waals surface area contributed by atoms with Crippen molar-refractivity contribution in [2.45, 2.75) is 18.6 Å². The van der Waals surface area contributed by atoms with E-state index in [4.69, 9.17) is 0 Å². The zero-order valence-electron chi connectivity index (χ0n) is 11.0. The van der Waals surface area contributed by atoms with E-state index in [0.717, 1.165) is 11.3 Å². The Hall–Kier alpha value is -1.04. The van der Waals surface area contributed by atoms with Gasteiger partial charge in [-0.25, -0.2) is 0 Å². The molecule has 1 saturated heterocycles. The van der Waals surface area contributed by atoms with Crippen molar-refractivity contribution in [3.05, 3.63) is 35.9 Å². The third-order valence-electron chi connectivity index (χ3n) is 3.43. The minimum absolute atomic E-state index is 0.342. The lowest BCUT2D eigenvalue weighted by molar-refractivity contribution is -0.143. The topological polar surface area (TPSA) is 60.8 Å². The summed E-state index contributed by atoms with van der Waals surface area (Å²) in [5.74, 6) is 0.686. The molecule has 1 aromatic rings. The molecular formula is C14H19NO3S. The van der Waals surface area contributed by atoms with E-state index in [1.165, 1.54) is 0 Å². The quantitative estimate of drug-likeness (QED) is 0.873. The number of carboxylic acids is 1. The third kappa shape index (κ3) is 3.49. The fraction of sp³-hybridized carbons (Fsp3) is 0.500. The van der Waals surface area contributed by atoms with Crippen molar-refractivity contribution in [1.29, 1.82) is 0 Å². The van der Waals surface area contributed by atoms with E-state index in [0.29, 0.717) is 18.8 Å². The van der Waals surface area contributed by atoms with Gasteiger partial charge in [0, 0.05) is 24.6 Å². The third-order valence-corrected chi connectivity index (χ3v) is 4.45. The van der Waals surface area contributed by atoms with Gasteiger partial charge >= 0.3 is 5.97 Å². The number of β-amino-alcohol motifs (C(OH)–C–C–N with tert-alkyl or cyclic N) is 1. The molecule has 0 aromatic heterocycles. The summed E-state index contributed by atoms with van der Waals surface area (Å²) < 4.78 is 0. The van der Waals surface area contributed by atoms with Crippen LogP contribution in [0.1, 0.15) is 12.5 Å². The molecule has 2 atom stereocenters. The number of hydrogen-bond donors (Lipinski definition) is 2. The van der Waals surface area contributed by atoms with Gasteiger partial charge in [-0.05, 0) is 12.5 Å². The molecule has 2 unspecified atom stereocenters. The van der Waals surface area contributed by atoms with Crippen LogP contribution in [0.4, 0.5) is 0 Å². The zero-order chi connectivity index (χ0) is 13.9. The smallest absolute Gasteiger partial charge is 0.321 e. The van der Waals surface area contributed by atoms with E-state index >= 15 is 0 Å². The Labute approximate surface area is 117 Å². The molecule has 104 valence electrons. The Morgan fingerprint density at radius 1 is 1.47 bits per heavy atom. The van der Waals surface area contributed by atoms with Gasteiger partial charge in [0.2, 0.25) is 0 Å². The van der Waals surface area contributed by atoms with E-state index in [1.807, 2.05) is 35.2 Å². The van der Waals surface area contributed by atoms with E-state index in [9.17, 15) is 15.0 Å². The van der Waals surface area contributed by atoms with E-state index in [-0.39, 0.29) is 0 Å². The number of hydrogen-bond acceptors (Lipinski definition) is 4. The van der Waals surface area contributed by atoms with Crippen LogP contribution in [0.15, 0.2) is 30.3 Å². The van der Waals surface area contributed by atoms with Crippen molar-refractivity contribution in [1.82, 2.24) is 4.90 Å². The molecule has 1 aliphatic rings. The summed E-state index contributed by atoms with van der Waals surface area (Å²) in [5.41, 5.74) is -0.214. The highest BCUT2D eigenvalue weighted by Gasteiger charge is 2.34. The summed E-state index contributed by atoms with van der Waals surface area (Å²) in [6, 6.07) is 8.89. The van der Waals surface area contributed by atoms with Gasteiger partial charge in [-0.3, -0.25) is 9.69 Å². The molecule has 1 fully saturated rings. The summed E-state index contributed by atoms with van der Waals surface area (Å²) in [6.07, 6.45) is 0. The van der Waals surface area contributed by atoms with Crippen LogP contribution in [0.25, 0.3) is 0 Å². The highest BCUT2D eigenvalue weighted by atomic mass is 32.2. The predicted octanol–water partition coefficient (Wildman–Crippen LogP) is 1.40. The molecule has 0 amide bonds. The molecule has 0 bridgehead atoms. The normalized spacial score (nSPS) is 23.8. The largest absolute Gasteiger partial charge is 0.480 e. The van der Waals surface area contributed by atoms with Gasteiger partial charge in [-0.1, -0.05) is 30.3 Å². The van der Waals surface area contributed by atoms with Gasteiger partial charge in [-0.2, -0.15) is 11.8 Å². The second kappa shape index (κ2) is 5.94. The van der Waals surface area contributed by atoms with Crippen LogP contribution in [0.2, 0.25) is 0 Å². The molecule has 0 aliphatic carbocycles. The Morgan fingerprint density at radius 2 is 2.16 bits per heavy atom. The average molecular weight is 281 g/mol. The first-order valence-corrected chi connectivity index (χ1v) is 7.49. The van der Waals surface area contributed by atoms with Crippen LogP contribution in [-0.2, 0) is 10.4 Å². The van der Waals surface area contributed by atoms with E-state index in [2.05, 4.69) is 0 Å². The molecule has 0 saturated carbocycles. The average Bonchev–Trinajstić information content (AvgIpc) is 2.39. The Kier molecular flexibility index (Phi) is 4.50. The summed E-state index contributed by atoms with van der Waals surface area (Å²) in [6.45, 7) is 2.78. The maximum absolute atomic E-state index is 11.3. The summed E-state index contributed by atoms with van der Waals surface area (Å²) in [7, 11) is 0. The van der Waals surface area contributed by atoms with E-state index < -0.39 is 17.6 Å². The molecule has 1 aromatic carbocycles. The molecule has 4 nitrogen and oxygen atoms in total. The monoisotopic (exact) mass is 281 g/mol. The molecule has 1 heterocycles. The van der Waals surface area contributed by atoms with Crippen LogP contribution in [0.3, 0.4) is 0 Å². The van der Waals surface area contributed by atoms with Gasteiger partial charge in [0.25, 0.3) is 0 Å². The highest BCUT2D eigenvalue weighted by Crippen LogP contribution is 2.25. The molecule has 0 radical (unpaired) electrons. The molecule has 0 spiro atoms. The summed E-state index contributed by atoms with van der Waals surface area (Å²) in [4.78, 5) is 13.1. The van der Waals surface area contributed by atoms with E-state index in [1.54, 1.807) is 18.7 Å². The van der Waals surface area contributed by atoms with Crippen LogP contribution in [0, 0.1) is 0 Å². The minimum atomic E-state index is -1.03. The van der Waals surface area contributed by atoms with Gasteiger partial charge in [0.1, 0.15) is 6.04 Å². The SMILES string of the molecule is CC(O)(CN1CCSCC1C(=O)O)c1ccccc1. The highest BCUT2D eigenvalue weighted by molar-refractivity contribution is 7.99. The number of rotatable bonds is 4. The number of nitrogens with zero attached hydrogens (tertiary/aromatic N) is 1. The standard InChI is InChI=1S/C14H19NO3S/c1-14(18,11-5-3-2-4-6-11)10-15-7-8-19-9-12(15)13(16)17/h2-6,12,18H,7-10H2,1H3,(H,16,17). The first kappa shape index (κ1) is 14.4. The lowest BCUT2D eigenvalue weighted by atomic mass is 9.95. The van der Waals surface area contributed by atoms with Crippen molar-refractivity contribution >= 4 is 17.7 Å². The molecule has 2 rings (SSSR count). The zero-order valence-corrected chi connectivity index (χ0v) is 11.8. The lowest BCUT2D eigenvalue weighted by Gasteiger charge is -2.37. The van der Waals surface area contributed by atoms with Crippen LogP contribution < -0.4 is 0 Å². The molecule has 2 N–H and O–H groups in total. The van der Waals surface area contributed by atoms with Gasteiger partial charge < -0.3 is 10.2 Å². The minimum Gasteiger partial charge on any atom is -0.480 e. The number of aliphatic hydroxyl groups is 1. The fourth-order valence-corrected chi connectivity index (χ4v) is 3.45. The first-order chi connectivity index (χ1) is 9.00. The van der Waals surface area contributed by atoms with Crippen molar-refractivity contribution in [3.63, 3.8) is 0 Å². The van der Waals surface area contributed by atoms with Gasteiger partial charge in [0.05, 0.1) is 5.60 Å². The predicted molar refractivity (Wildman–Crippen MR) is 76.3 cm³/mol. The number of carboxylic acid groups (broad SMARTS) is 1. The summed E-state index contributed by atoms with van der Waals surface area (Å²) in [5, 5.41) is 19.8. The van der Waals surface area contributed by atoms with Crippen LogP contribution >= 0.6 is 11.8 Å². The summed E-state index contributed by atoms with van der Waals surface area (Å²) >= 11 is 1.65. The second-order valence-electron chi connectivity index (χ2n) is 5.04. The molecule has 19 heavy (non-hydrogen) atoms. The van der Waals surface area contributed by atoms with Crippen molar-refractivity contribution in [3.8, 4) is 0 Å². The second-order valence-corrected chi connectivity index (χ2v) is 6.19. The number of aliphatic carboxylic acids is 1.